The number of terminal acetylenes is 1. The number of rotatable bonds is 3. The van der Waals surface area contributed by atoms with Gasteiger partial charge in [0.1, 0.15) is 5.60 Å². The molecule has 2 nitrogen and oxygen atoms in total. The number of hydrogen-bond donors (Lipinski definition) is 0. The van der Waals surface area contributed by atoms with Crippen molar-refractivity contribution >= 4 is 0 Å². The van der Waals surface area contributed by atoms with E-state index in [0.29, 0.717) is 13.0 Å². The van der Waals surface area contributed by atoms with E-state index in [2.05, 4.69) is 5.92 Å². The zero-order valence-corrected chi connectivity index (χ0v) is 6.35. The molecule has 10 heavy (non-hydrogen) atoms. The summed E-state index contributed by atoms with van der Waals surface area (Å²) in [6, 6.07) is 1.97. The SMILES string of the molecule is C#CC(C)(C)OCCC#N. The van der Waals surface area contributed by atoms with Crippen LogP contribution in [0.25, 0.3) is 0 Å². The molecular formula is C8H11NO. The largest absolute Gasteiger partial charge is 0.362 e. The molecule has 0 aromatic carbocycles. The maximum atomic E-state index is 8.15. The van der Waals surface area contributed by atoms with Crippen molar-refractivity contribution in [2.45, 2.75) is 25.9 Å². The topological polar surface area (TPSA) is 33.0 Å². The predicted octanol–water partition coefficient (Wildman–Crippen LogP) is 1.33. The molecule has 0 fully saturated rings. The molecule has 0 aromatic heterocycles. The van der Waals surface area contributed by atoms with E-state index in [-0.39, 0.29) is 0 Å². The van der Waals surface area contributed by atoms with E-state index >= 15 is 0 Å². The Hall–Kier alpha value is -0.990. The Labute approximate surface area is 61.8 Å². The molecule has 0 aromatic rings. The van der Waals surface area contributed by atoms with Crippen molar-refractivity contribution in [3.63, 3.8) is 0 Å². The second kappa shape index (κ2) is 3.93. The minimum Gasteiger partial charge on any atom is -0.362 e. The summed E-state index contributed by atoms with van der Waals surface area (Å²) in [6.07, 6.45) is 5.52. The number of ether oxygens (including phenoxy) is 1. The Kier molecular flexibility index (Phi) is 3.54. The van der Waals surface area contributed by atoms with Gasteiger partial charge in [-0.15, -0.1) is 6.42 Å². The van der Waals surface area contributed by atoms with E-state index in [1.54, 1.807) is 13.8 Å². The highest BCUT2D eigenvalue weighted by Crippen LogP contribution is 2.06. The van der Waals surface area contributed by atoms with E-state index in [1.165, 1.54) is 0 Å². The van der Waals surface area contributed by atoms with Gasteiger partial charge in [-0.1, -0.05) is 5.92 Å². The van der Waals surface area contributed by atoms with Crippen LogP contribution in [0.2, 0.25) is 0 Å². The van der Waals surface area contributed by atoms with Crippen molar-refractivity contribution in [2.24, 2.45) is 0 Å². The summed E-state index contributed by atoms with van der Waals surface area (Å²) in [5, 5.41) is 8.15. The van der Waals surface area contributed by atoms with Crippen LogP contribution in [-0.4, -0.2) is 12.2 Å². The van der Waals surface area contributed by atoms with Gasteiger partial charge in [-0.3, -0.25) is 0 Å². The molecule has 0 unspecified atom stereocenters. The smallest absolute Gasteiger partial charge is 0.122 e. The summed E-state index contributed by atoms with van der Waals surface area (Å²) < 4.78 is 5.16. The van der Waals surface area contributed by atoms with Crippen LogP contribution in [0, 0.1) is 23.7 Å². The van der Waals surface area contributed by atoms with Gasteiger partial charge >= 0.3 is 0 Å². The standard InChI is InChI=1S/C8H11NO/c1-4-8(2,3)10-7-5-6-9/h1H,5,7H2,2-3H3. The molecule has 0 amide bonds. The van der Waals surface area contributed by atoms with Gasteiger partial charge in [-0.25, -0.2) is 0 Å². The minimum atomic E-state index is -0.531. The van der Waals surface area contributed by atoms with Gasteiger partial charge < -0.3 is 4.74 Å². The Morgan fingerprint density at radius 2 is 2.20 bits per heavy atom. The molecule has 0 radical (unpaired) electrons. The molecule has 0 atom stereocenters. The minimum absolute atomic E-state index is 0.394. The molecule has 0 N–H and O–H groups in total. The molecule has 0 aliphatic carbocycles. The summed E-state index contributed by atoms with van der Waals surface area (Å²) >= 11 is 0. The van der Waals surface area contributed by atoms with Gasteiger partial charge in [0.05, 0.1) is 19.1 Å². The van der Waals surface area contributed by atoms with Gasteiger partial charge in [0, 0.05) is 0 Å². The second-order valence-electron chi connectivity index (χ2n) is 2.41. The third-order valence-corrected chi connectivity index (χ3v) is 1.02. The number of nitriles is 1. The zero-order valence-electron chi connectivity index (χ0n) is 6.35. The Morgan fingerprint density at radius 3 is 2.60 bits per heavy atom. The number of nitrogens with zero attached hydrogens (tertiary/aromatic N) is 1. The zero-order chi connectivity index (χ0) is 8.04. The van der Waals surface area contributed by atoms with Gasteiger partial charge in [0.25, 0.3) is 0 Å². The van der Waals surface area contributed by atoms with E-state index in [0.717, 1.165) is 0 Å². The Balaban J connectivity index is 3.52. The molecule has 0 saturated heterocycles. The second-order valence-corrected chi connectivity index (χ2v) is 2.41. The van der Waals surface area contributed by atoms with Crippen molar-refractivity contribution in [3.8, 4) is 18.4 Å². The normalized spacial score (nSPS) is 10.0. The van der Waals surface area contributed by atoms with Gasteiger partial charge in [0.2, 0.25) is 0 Å². The van der Waals surface area contributed by atoms with Crippen LogP contribution >= 0.6 is 0 Å². The van der Waals surface area contributed by atoms with E-state index in [4.69, 9.17) is 16.4 Å². The first-order chi connectivity index (χ1) is 4.62. The van der Waals surface area contributed by atoms with Gasteiger partial charge in [0.15, 0.2) is 0 Å². The van der Waals surface area contributed by atoms with Crippen LogP contribution in [0.3, 0.4) is 0 Å². The van der Waals surface area contributed by atoms with Crippen LogP contribution < -0.4 is 0 Å². The van der Waals surface area contributed by atoms with Crippen molar-refractivity contribution in [3.05, 3.63) is 0 Å². The first kappa shape index (κ1) is 9.01. The first-order valence-electron chi connectivity index (χ1n) is 3.11. The van der Waals surface area contributed by atoms with E-state index in [1.807, 2.05) is 6.07 Å². The quantitative estimate of drug-likeness (QED) is 0.434. The highest BCUT2D eigenvalue weighted by atomic mass is 16.5. The molecule has 0 rings (SSSR count). The van der Waals surface area contributed by atoms with E-state index in [9.17, 15) is 0 Å². The molecule has 54 valence electrons. The summed E-state index contributed by atoms with van der Waals surface area (Å²) in [7, 11) is 0. The van der Waals surface area contributed by atoms with E-state index < -0.39 is 5.60 Å². The third kappa shape index (κ3) is 3.95. The third-order valence-electron chi connectivity index (χ3n) is 1.02. The molecule has 0 aliphatic heterocycles. The van der Waals surface area contributed by atoms with Crippen molar-refractivity contribution in [1.29, 1.82) is 5.26 Å². The van der Waals surface area contributed by atoms with Crippen LogP contribution in [0.4, 0.5) is 0 Å². The molecule has 0 saturated carbocycles. The summed E-state index contributed by atoms with van der Waals surface area (Å²) in [5.41, 5.74) is -0.531. The predicted molar refractivity (Wildman–Crippen MR) is 39.1 cm³/mol. The highest BCUT2D eigenvalue weighted by Gasteiger charge is 2.12. The fourth-order valence-corrected chi connectivity index (χ4v) is 0.393. The molecule has 0 aliphatic rings. The number of hydrogen-bond acceptors (Lipinski definition) is 2. The fourth-order valence-electron chi connectivity index (χ4n) is 0.393. The maximum Gasteiger partial charge on any atom is 0.122 e. The monoisotopic (exact) mass is 137 g/mol. The lowest BCUT2D eigenvalue weighted by atomic mass is 10.1. The summed E-state index contributed by atoms with van der Waals surface area (Å²) in [4.78, 5) is 0. The average molecular weight is 137 g/mol. The molecule has 0 bridgehead atoms. The summed E-state index contributed by atoms with van der Waals surface area (Å²) in [5.74, 6) is 2.47. The lowest BCUT2D eigenvalue weighted by Crippen LogP contribution is -2.21. The van der Waals surface area contributed by atoms with Crippen LogP contribution in [0.1, 0.15) is 20.3 Å². The van der Waals surface area contributed by atoms with Crippen LogP contribution in [-0.2, 0) is 4.74 Å². The first-order valence-corrected chi connectivity index (χ1v) is 3.11. The highest BCUT2D eigenvalue weighted by molar-refractivity contribution is 5.02. The van der Waals surface area contributed by atoms with Crippen LogP contribution in [0.15, 0.2) is 0 Å². The molecular weight excluding hydrogens is 126 g/mol. The van der Waals surface area contributed by atoms with Crippen molar-refractivity contribution in [2.75, 3.05) is 6.61 Å². The average Bonchev–Trinajstić information content (AvgIpc) is 1.89. The van der Waals surface area contributed by atoms with Crippen molar-refractivity contribution in [1.82, 2.24) is 0 Å². The van der Waals surface area contributed by atoms with Gasteiger partial charge in [-0.05, 0) is 13.8 Å². The Morgan fingerprint density at radius 1 is 1.60 bits per heavy atom. The lowest BCUT2D eigenvalue weighted by Gasteiger charge is -2.16. The molecule has 0 heterocycles. The van der Waals surface area contributed by atoms with Crippen molar-refractivity contribution < 1.29 is 4.74 Å². The molecule has 2 heteroatoms. The Bertz CT molecular complexity index is 171. The van der Waals surface area contributed by atoms with Gasteiger partial charge in [-0.2, -0.15) is 5.26 Å². The molecule has 0 spiro atoms. The van der Waals surface area contributed by atoms with Crippen LogP contribution in [0.5, 0.6) is 0 Å². The summed E-state index contributed by atoms with van der Waals surface area (Å²) in [6.45, 7) is 4.00. The fraction of sp³-hybridized carbons (Fsp3) is 0.625. The maximum absolute atomic E-state index is 8.15. The lowest BCUT2D eigenvalue weighted by molar-refractivity contribution is 0.0309.